The molecule has 0 fully saturated rings. The van der Waals surface area contributed by atoms with Crippen molar-refractivity contribution in [3.05, 3.63) is 29.8 Å². The molecule has 0 atom stereocenters. The van der Waals surface area contributed by atoms with E-state index < -0.39 is 0 Å². The van der Waals surface area contributed by atoms with Crippen LogP contribution in [-0.4, -0.2) is 20.0 Å². The summed E-state index contributed by atoms with van der Waals surface area (Å²) in [6.45, 7) is 0.577. The Balaban J connectivity index is 2.50. The third-order valence-corrected chi connectivity index (χ3v) is 1.59. The van der Waals surface area contributed by atoms with Crippen LogP contribution in [-0.2, 0) is 16.1 Å². The molecule has 0 unspecified atom stereocenters. The van der Waals surface area contributed by atoms with E-state index in [4.69, 9.17) is 9.47 Å². The van der Waals surface area contributed by atoms with Crippen molar-refractivity contribution in [3.63, 3.8) is 0 Å². The van der Waals surface area contributed by atoms with Gasteiger partial charge < -0.3 is 14.3 Å². The number of carbonyl (C=O) groups is 1. The van der Waals surface area contributed by atoms with Crippen molar-refractivity contribution in [3.8, 4) is 5.75 Å². The summed E-state index contributed by atoms with van der Waals surface area (Å²) >= 11 is 0. The van der Waals surface area contributed by atoms with Gasteiger partial charge in [-0.05, 0) is 17.7 Å². The maximum absolute atomic E-state index is 9.97. The van der Waals surface area contributed by atoms with Gasteiger partial charge >= 0.3 is 0 Å². The zero-order valence-electron chi connectivity index (χ0n) is 7.53. The van der Waals surface area contributed by atoms with Gasteiger partial charge in [-0.15, -0.1) is 0 Å². The Morgan fingerprint density at radius 2 is 2.31 bits per heavy atom. The minimum Gasteiger partial charge on any atom is -0.497 e. The van der Waals surface area contributed by atoms with Crippen molar-refractivity contribution in [1.82, 2.24) is 0 Å². The van der Waals surface area contributed by atoms with Gasteiger partial charge in [-0.2, -0.15) is 0 Å². The second-order valence-corrected chi connectivity index (χ2v) is 2.53. The molecule has 0 saturated heterocycles. The highest BCUT2D eigenvalue weighted by molar-refractivity contribution is 5.50. The molecular formula is C10H12O3. The lowest BCUT2D eigenvalue weighted by Crippen LogP contribution is -1.96. The van der Waals surface area contributed by atoms with Crippen molar-refractivity contribution in [2.45, 2.75) is 6.61 Å². The molecule has 70 valence electrons. The summed E-state index contributed by atoms with van der Waals surface area (Å²) in [5.74, 6) is 0.798. The lowest BCUT2D eigenvalue weighted by atomic mass is 10.2. The number of aldehydes is 1. The molecule has 3 nitrogen and oxygen atoms in total. The van der Waals surface area contributed by atoms with Crippen LogP contribution in [0, 0.1) is 0 Å². The monoisotopic (exact) mass is 180 g/mol. The Hall–Kier alpha value is -1.35. The molecule has 0 N–H and O–H groups in total. The molecule has 0 aromatic heterocycles. The van der Waals surface area contributed by atoms with Gasteiger partial charge in [0, 0.05) is 0 Å². The Bertz CT molecular complexity index is 271. The summed E-state index contributed by atoms with van der Waals surface area (Å²) in [5, 5.41) is 0. The third-order valence-electron chi connectivity index (χ3n) is 1.59. The Morgan fingerprint density at radius 3 is 3.00 bits per heavy atom. The highest BCUT2D eigenvalue weighted by atomic mass is 16.5. The largest absolute Gasteiger partial charge is 0.497 e. The average Bonchev–Trinajstić information content (AvgIpc) is 2.19. The maximum atomic E-state index is 9.97. The molecule has 1 aromatic carbocycles. The topological polar surface area (TPSA) is 35.5 Å². The minimum absolute atomic E-state index is 0.136. The number of methoxy groups -OCH3 is 1. The van der Waals surface area contributed by atoms with E-state index in [0.29, 0.717) is 6.61 Å². The third kappa shape index (κ3) is 3.25. The molecule has 0 bridgehead atoms. The smallest absolute Gasteiger partial charge is 0.145 e. The first-order valence-corrected chi connectivity index (χ1v) is 4.01. The molecule has 0 aliphatic heterocycles. The molecule has 13 heavy (non-hydrogen) atoms. The first-order chi connectivity index (χ1) is 6.36. The number of rotatable bonds is 5. The molecule has 0 heterocycles. The zero-order valence-corrected chi connectivity index (χ0v) is 7.53. The summed E-state index contributed by atoms with van der Waals surface area (Å²) in [6.07, 6.45) is 0.736. The van der Waals surface area contributed by atoms with Crippen LogP contribution < -0.4 is 4.74 Å². The molecule has 0 amide bonds. The molecular weight excluding hydrogens is 168 g/mol. The Kier molecular flexibility index (Phi) is 3.99. The fraction of sp³-hybridized carbons (Fsp3) is 0.300. The fourth-order valence-electron chi connectivity index (χ4n) is 0.987. The Labute approximate surface area is 77.3 Å². The molecule has 0 aliphatic carbocycles. The van der Waals surface area contributed by atoms with Crippen LogP contribution in [0.15, 0.2) is 24.3 Å². The van der Waals surface area contributed by atoms with E-state index in [0.717, 1.165) is 17.6 Å². The van der Waals surface area contributed by atoms with Crippen LogP contribution in [0.3, 0.4) is 0 Å². The normalized spacial score (nSPS) is 9.62. The highest BCUT2D eigenvalue weighted by Gasteiger charge is 1.94. The van der Waals surface area contributed by atoms with Gasteiger partial charge in [-0.1, -0.05) is 12.1 Å². The van der Waals surface area contributed by atoms with Gasteiger partial charge in [0.15, 0.2) is 0 Å². The molecule has 0 spiro atoms. The predicted octanol–water partition coefficient (Wildman–Crippen LogP) is 1.41. The number of carbonyl (C=O) groups excluding carboxylic acids is 1. The lowest BCUT2D eigenvalue weighted by Gasteiger charge is -2.03. The molecule has 1 aromatic rings. The van der Waals surface area contributed by atoms with Crippen LogP contribution in [0.25, 0.3) is 0 Å². The van der Waals surface area contributed by atoms with Crippen molar-refractivity contribution in [1.29, 1.82) is 0 Å². The second-order valence-electron chi connectivity index (χ2n) is 2.53. The van der Waals surface area contributed by atoms with E-state index >= 15 is 0 Å². The van der Waals surface area contributed by atoms with E-state index in [1.807, 2.05) is 24.3 Å². The fourth-order valence-corrected chi connectivity index (χ4v) is 0.987. The number of ether oxygens (including phenoxy) is 2. The maximum Gasteiger partial charge on any atom is 0.145 e. The quantitative estimate of drug-likeness (QED) is 0.507. The Morgan fingerprint density at radius 1 is 1.46 bits per heavy atom. The van der Waals surface area contributed by atoms with Crippen LogP contribution in [0.4, 0.5) is 0 Å². The van der Waals surface area contributed by atoms with E-state index in [1.54, 1.807) is 7.11 Å². The van der Waals surface area contributed by atoms with E-state index in [1.165, 1.54) is 0 Å². The number of hydrogen-bond acceptors (Lipinski definition) is 3. The molecule has 0 radical (unpaired) electrons. The molecule has 0 aliphatic rings. The summed E-state index contributed by atoms with van der Waals surface area (Å²) in [5.41, 5.74) is 1.00. The van der Waals surface area contributed by atoms with Crippen molar-refractivity contribution < 1.29 is 14.3 Å². The van der Waals surface area contributed by atoms with Crippen LogP contribution in [0.5, 0.6) is 5.75 Å². The number of benzene rings is 1. The van der Waals surface area contributed by atoms with Crippen molar-refractivity contribution in [2.24, 2.45) is 0 Å². The summed E-state index contributed by atoms with van der Waals surface area (Å²) < 4.78 is 10.1. The van der Waals surface area contributed by atoms with Gasteiger partial charge in [0.25, 0.3) is 0 Å². The van der Waals surface area contributed by atoms with Crippen LogP contribution >= 0.6 is 0 Å². The van der Waals surface area contributed by atoms with E-state index in [-0.39, 0.29) is 6.61 Å². The van der Waals surface area contributed by atoms with Crippen molar-refractivity contribution >= 4 is 6.29 Å². The first-order valence-electron chi connectivity index (χ1n) is 4.01. The SMILES string of the molecule is COc1cccc(COCC=O)c1. The molecule has 3 heteroatoms. The van der Waals surface area contributed by atoms with Gasteiger partial charge in [-0.25, -0.2) is 0 Å². The standard InChI is InChI=1S/C10H12O3/c1-12-10-4-2-3-9(7-10)8-13-6-5-11/h2-5,7H,6,8H2,1H3. The number of hydrogen-bond donors (Lipinski definition) is 0. The van der Waals surface area contributed by atoms with Gasteiger partial charge in [-0.3, -0.25) is 0 Å². The van der Waals surface area contributed by atoms with Crippen LogP contribution in [0.1, 0.15) is 5.56 Å². The minimum atomic E-state index is 0.136. The second kappa shape index (κ2) is 5.32. The van der Waals surface area contributed by atoms with Gasteiger partial charge in [0.2, 0.25) is 0 Å². The zero-order chi connectivity index (χ0) is 9.52. The van der Waals surface area contributed by atoms with Gasteiger partial charge in [0.1, 0.15) is 18.6 Å². The van der Waals surface area contributed by atoms with Crippen molar-refractivity contribution in [2.75, 3.05) is 13.7 Å². The van der Waals surface area contributed by atoms with E-state index in [9.17, 15) is 4.79 Å². The molecule has 0 saturated carbocycles. The first kappa shape index (κ1) is 9.74. The highest BCUT2D eigenvalue weighted by Crippen LogP contribution is 2.12. The predicted molar refractivity (Wildman–Crippen MR) is 48.7 cm³/mol. The van der Waals surface area contributed by atoms with Gasteiger partial charge in [0.05, 0.1) is 13.7 Å². The van der Waals surface area contributed by atoms with E-state index in [2.05, 4.69) is 0 Å². The summed E-state index contributed by atoms with van der Waals surface area (Å²) in [6, 6.07) is 7.56. The molecule has 1 rings (SSSR count). The lowest BCUT2D eigenvalue weighted by molar-refractivity contribution is -0.112. The van der Waals surface area contributed by atoms with Crippen LogP contribution in [0.2, 0.25) is 0 Å². The summed E-state index contributed by atoms with van der Waals surface area (Å²) in [7, 11) is 1.62. The average molecular weight is 180 g/mol. The summed E-state index contributed by atoms with van der Waals surface area (Å²) in [4.78, 5) is 9.97.